The van der Waals surface area contributed by atoms with E-state index in [0.717, 1.165) is 4.47 Å². The Labute approximate surface area is 110 Å². The minimum absolute atomic E-state index is 0.352. The molecular weight excluding hydrogens is 306 g/mol. The third kappa shape index (κ3) is 3.43. The number of ether oxygens (including phenoxy) is 1. The van der Waals surface area contributed by atoms with Gasteiger partial charge in [0.1, 0.15) is 0 Å². The smallest absolute Gasteiger partial charge is 0.235 e. The predicted molar refractivity (Wildman–Crippen MR) is 70.5 cm³/mol. The number of halogens is 1. The molecule has 17 heavy (non-hydrogen) atoms. The zero-order valence-corrected chi connectivity index (χ0v) is 11.6. The van der Waals surface area contributed by atoms with Gasteiger partial charge in [0.25, 0.3) is 0 Å². The van der Waals surface area contributed by atoms with Crippen LogP contribution in [0.15, 0.2) is 28.7 Å². The molecule has 1 N–H and O–H groups in total. The molecule has 0 unspecified atom stereocenters. The van der Waals surface area contributed by atoms with Crippen molar-refractivity contribution in [3.05, 3.63) is 28.7 Å². The normalized spacial score (nSPS) is 17.9. The number of hydrogen-bond acceptors (Lipinski definition) is 3. The van der Waals surface area contributed by atoms with Gasteiger partial charge in [-0.05, 0) is 31.0 Å². The van der Waals surface area contributed by atoms with Crippen LogP contribution in [0.3, 0.4) is 0 Å². The quantitative estimate of drug-likeness (QED) is 0.930. The lowest BCUT2D eigenvalue weighted by Gasteiger charge is -2.22. The highest BCUT2D eigenvalue weighted by Crippen LogP contribution is 2.21. The van der Waals surface area contributed by atoms with E-state index in [1.807, 2.05) is 6.07 Å². The van der Waals surface area contributed by atoms with Crippen molar-refractivity contribution in [2.75, 3.05) is 17.9 Å². The lowest BCUT2D eigenvalue weighted by molar-refractivity contribution is 0.0984. The van der Waals surface area contributed by atoms with Crippen LogP contribution in [0.4, 0.5) is 5.69 Å². The fourth-order valence-electron chi connectivity index (χ4n) is 1.79. The monoisotopic (exact) mass is 319 g/mol. The molecule has 4 nitrogen and oxygen atoms in total. The highest BCUT2D eigenvalue weighted by Gasteiger charge is 2.27. The topological polar surface area (TPSA) is 55.4 Å². The van der Waals surface area contributed by atoms with Crippen LogP contribution < -0.4 is 4.72 Å². The summed E-state index contributed by atoms with van der Waals surface area (Å²) in [5.74, 6) is 0. The summed E-state index contributed by atoms with van der Waals surface area (Å²) in [5.41, 5.74) is 0.589. The van der Waals surface area contributed by atoms with Crippen molar-refractivity contribution >= 4 is 31.6 Å². The van der Waals surface area contributed by atoms with Gasteiger partial charge >= 0.3 is 0 Å². The molecule has 0 atom stereocenters. The van der Waals surface area contributed by atoms with Crippen molar-refractivity contribution in [3.8, 4) is 0 Å². The third-order valence-corrected chi connectivity index (χ3v) is 5.05. The van der Waals surface area contributed by atoms with Gasteiger partial charge in [0, 0.05) is 23.4 Å². The first kappa shape index (κ1) is 12.9. The minimum atomic E-state index is -3.30. The summed E-state index contributed by atoms with van der Waals surface area (Å²) in [6.07, 6.45) is 1.12. The molecule has 0 aromatic heterocycles. The molecule has 1 aromatic carbocycles. The summed E-state index contributed by atoms with van der Waals surface area (Å²) in [7, 11) is -3.30. The molecule has 0 radical (unpaired) electrons. The van der Waals surface area contributed by atoms with E-state index < -0.39 is 10.0 Å². The van der Waals surface area contributed by atoms with Gasteiger partial charge in [-0.15, -0.1) is 0 Å². The second kappa shape index (κ2) is 5.37. The van der Waals surface area contributed by atoms with Crippen LogP contribution in [0.2, 0.25) is 0 Å². The largest absolute Gasteiger partial charge is 0.381 e. The molecule has 0 spiro atoms. The first-order valence-corrected chi connectivity index (χ1v) is 7.77. The Balaban J connectivity index is 2.11. The molecule has 0 bridgehead atoms. The summed E-state index contributed by atoms with van der Waals surface area (Å²) in [5, 5.41) is -0.352. The highest BCUT2D eigenvalue weighted by molar-refractivity contribution is 9.10. The van der Waals surface area contributed by atoms with Gasteiger partial charge in [-0.25, -0.2) is 8.42 Å². The minimum Gasteiger partial charge on any atom is -0.381 e. The average molecular weight is 320 g/mol. The van der Waals surface area contributed by atoms with E-state index in [4.69, 9.17) is 4.74 Å². The van der Waals surface area contributed by atoms with Crippen LogP contribution in [-0.2, 0) is 14.8 Å². The maximum atomic E-state index is 12.1. The molecule has 0 aliphatic carbocycles. The Morgan fingerprint density at radius 1 is 1.29 bits per heavy atom. The van der Waals surface area contributed by atoms with E-state index in [2.05, 4.69) is 20.7 Å². The zero-order chi connectivity index (χ0) is 12.3. The van der Waals surface area contributed by atoms with Crippen molar-refractivity contribution in [2.24, 2.45) is 0 Å². The molecule has 94 valence electrons. The summed E-state index contributed by atoms with van der Waals surface area (Å²) >= 11 is 3.31. The first-order chi connectivity index (χ1) is 8.08. The molecule has 0 saturated carbocycles. The molecule has 1 saturated heterocycles. The second-order valence-electron chi connectivity index (χ2n) is 3.97. The molecular formula is C11H14BrNO3S. The summed E-state index contributed by atoms with van der Waals surface area (Å²) in [6, 6.07) is 7.14. The second-order valence-corrected chi connectivity index (χ2v) is 6.85. The van der Waals surface area contributed by atoms with Crippen LogP contribution >= 0.6 is 15.9 Å². The summed E-state index contributed by atoms with van der Waals surface area (Å²) in [4.78, 5) is 0. The lowest BCUT2D eigenvalue weighted by atomic mass is 10.2. The van der Waals surface area contributed by atoms with Crippen LogP contribution in [0.25, 0.3) is 0 Å². The highest BCUT2D eigenvalue weighted by atomic mass is 79.9. The molecule has 1 aliphatic heterocycles. The number of rotatable bonds is 3. The maximum Gasteiger partial charge on any atom is 0.235 e. The lowest BCUT2D eigenvalue weighted by Crippen LogP contribution is -2.33. The van der Waals surface area contributed by atoms with E-state index in [1.165, 1.54) is 0 Å². The van der Waals surface area contributed by atoms with Crippen LogP contribution in [0, 0.1) is 0 Å². The van der Waals surface area contributed by atoms with Gasteiger partial charge in [0.15, 0.2) is 0 Å². The van der Waals surface area contributed by atoms with Crippen molar-refractivity contribution in [1.29, 1.82) is 0 Å². The van der Waals surface area contributed by atoms with Gasteiger partial charge in [-0.1, -0.05) is 22.0 Å². The van der Waals surface area contributed by atoms with E-state index in [9.17, 15) is 8.42 Å². The van der Waals surface area contributed by atoms with Crippen LogP contribution in [0.1, 0.15) is 12.8 Å². The third-order valence-electron chi connectivity index (χ3n) is 2.69. The van der Waals surface area contributed by atoms with Gasteiger partial charge < -0.3 is 4.74 Å². The molecule has 1 aromatic rings. The van der Waals surface area contributed by atoms with Crippen LogP contribution in [0.5, 0.6) is 0 Å². The molecule has 2 rings (SSSR count). The van der Waals surface area contributed by atoms with Gasteiger partial charge in [0.05, 0.1) is 5.25 Å². The standard InChI is InChI=1S/C11H14BrNO3S/c12-9-2-1-3-10(8-9)13-17(14,15)11-4-6-16-7-5-11/h1-3,8,11,13H,4-7H2. The van der Waals surface area contributed by atoms with Crippen LogP contribution in [-0.4, -0.2) is 26.9 Å². The Hall–Kier alpha value is -0.590. The van der Waals surface area contributed by atoms with Crippen molar-refractivity contribution in [1.82, 2.24) is 0 Å². The molecule has 1 heterocycles. The Bertz CT molecular complexity index is 483. The number of benzene rings is 1. The number of anilines is 1. The molecule has 1 fully saturated rings. The molecule has 1 aliphatic rings. The Morgan fingerprint density at radius 3 is 2.65 bits per heavy atom. The van der Waals surface area contributed by atoms with E-state index in [-0.39, 0.29) is 5.25 Å². The Kier molecular flexibility index (Phi) is 4.06. The van der Waals surface area contributed by atoms with Gasteiger partial charge in [0.2, 0.25) is 10.0 Å². The Morgan fingerprint density at radius 2 is 2.00 bits per heavy atom. The zero-order valence-electron chi connectivity index (χ0n) is 9.23. The number of sulfonamides is 1. The van der Waals surface area contributed by atoms with Gasteiger partial charge in [-0.3, -0.25) is 4.72 Å². The van der Waals surface area contributed by atoms with Crippen molar-refractivity contribution < 1.29 is 13.2 Å². The average Bonchev–Trinajstić information content (AvgIpc) is 2.29. The fraction of sp³-hybridized carbons (Fsp3) is 0.455. The first-order valence-electron chi connectivity index (χ1n) is 5.43. The SMILES string of the molecule is O=S(=O)(Nc1cccc(Br)c1)C1CCOCC1. The predicted octanol–water partition coefficient (Wildman–Crippen LogP) is 2.37. The summed E-state index contributed by atoms with van der Waals surface area (Å²) < 4.78 is 32.8. The van der Waals surface area contributed by atoms with E-state index in [1.54, 1.807) is 18.2 Å². The fourth-order valence-corrected chi connectivity index (χ4v) is 3.62. The van der Waals surface area contributed by atoms with Gasteiger partial charge in [-0.2, -0.15) is 0 Å². The van der Waals surface area contributed by atoms with E-state index in [0.29, 0.717) is 31.7 Å². The van der Waals surface area contributed by atoms with Crippen molar-refractivity contribution in [3.63, 3.8) is 0 Å². The van der Waals surface area contributed by atoms with E-state index >= 15 is 0 Å². The number of hydrogen-bond donors (Lipinski definition) is 1. The summed E-state index contributed by atoms with van der Waals surface area (Å²) in [6.45, 7) is 1.04. The molecule has 0 amide bonds. The molecule has 6 heteroatoms. The number of nitrogens with one attached hydrogen (secondary N) is 1. The van der Waals surface area contributed by atoms with Crippen molar-refractivity contribution in [2.45, 2.75) is 18.1 Å². The maximum absolute atomic E-state index is 12.1.